The molecule has 0 atom stereocenters. The molecule has 16 heavy (non-hydrogen) atoms. The zero-order valence-corrected chi connectivity index (χ0v) is 11.6. The van der Waals surface area contributed by atoms with Gasteiger partial charge in [-0.05, 0) is 26.5 Å². The molecule has 3 nitrogen and oxygen atoms in total. The SMILES string of the molecule is CCCCN(C)C(SC)=C(C(C)=O)C(C)=O. The molecule has 0 spiro atoms. The second-order valence-electron chi connectivity index (χ2n) is 3.77. The fourth-order valence-electron chi connectivity index (χ4n) is 1.49. The Morgan fingerprint density at radius 2 is 1.69 bits per heavy atom. The summed E-state index contributed by atoms with van der Waals surface area (Å²) in [6.45, 7) is 5.88. The summed E-state index contributed by atoms with van der Waals surface area (Å²) in [7, 11) is 1.92. The maximum Gasteiger partial charge on any atom is 0.166 e. The standard InChI is InChI=1S/C12H21NO2S/c1-6-7-8-13(4)12(16-5)11(9(2)14)10(3)15/h6-8H2,1-5H3. The van der Waals surface area contributed by atoms with Gasteiger partial charge in [-0.2, -0.15) is 0 Å². The lowest BCUT2D eigenvalue weighted by Gasteiger charge is -2.22. The lowest BCUT2D eigenvalue weighted by atomic mass is 10.1. The zero-order chi connectivity index (χ0) is 12.7. The molecule has 0 amide bonds. The summed E-state index contributed by atoms with van der Waals surface area (Å²) in [6.07, 6.45) is 4.05. The van der Waals surface area contributed by atoms with Crippen molar-refractivity contribution in [3.63, 3.8) is 0 Å². The van der Waals surface area contributed by atoms with Gasteiger partial charge in [0.25, 0.3) is 0 Å². The van der Waals surface area contributed by atoms with Crippen LogP contribution in [-0.4, -0.2) is 36.3 Å². The highest BCUT2D eigenvalue weighted by molar-refractivity contribution is 8.02. The molecule has 0 N–H and O–H groups in total. The third kappa shape index (κ3) is 4.39. The number of carbonyl (C=O) groups excluding carboxylic acids is 2. The topological polar surface area (TPSA) is 37.4 Å². The van der Waals surface area contributed by atoms with Gasteiger partial charge in [0, 0.05) is 13.6 Å². The molecule has 4 heteroatoms. The molecule has 0 rings (SSSR count). The van der Waals surface area contributed by atoms with Crippen LogP contribution in [0.5, 0.6) is 0 Å². The maximum absolute atomic E-state index is 11.4. The van der Waals surface area contributed by atoms with Gasteiger partial charge in [0.1, 0.15) is 0 Å². The third-order valence-corrected chi connectivity index (χ3v) is 3.21. The van der Waals surface area contributed by atoms with Gasteiger partial charge >= 0.3 is 0 Å². The molecule has 0 heterocycles. The van der Waals surface area contributed by atoms with Crippen molar-refractivity contribution in [1.29, 1.82) is 0 Å². The van der Waals surface area contributed by atoms with Gasteiger partial charge in [-0.25, -0.2) is 0 Å². The minimum absolute atomic E-state index is 0.153. The van der Waals surface area contributed by atoms with E-state index in [4.69, 9.17) is 0 Å². The Kier molecular flexibility index (Phi) is 7.13. The van der Waals surface area contributed by atoms with Crippen molar-refractivity contribution in [2.45, 2.75) is 33.6 Å². The predicted octanol–water partition coefficient (Wildman–Crippen LogP) is 2.47. The van der Waals surface area contributed by atoms with E-state index >= 15 is 0 Å². The lowest BCUT2D eigenvalue weighted by molar-refractivity contribution is -0.119. The normalized spacial score (nSPS) is 9.81. The first kappa shape index (κ1) is 15.2. The van der Waals surface area contributed by atoms with Crippen molar-refractivity contribution >= 4 is 23.3 Å². The zero-order valence-electron chi connectivity index (χ0n) is 10.8. The summed E-state index contributed by atoms with van der Waals surface area (Å²) >= 11 is 1.46. The first-order valence-corrected chi connectivity index (χ1v) is 6.69. The van der Waals surface area contributed by atoms with E-state index in [0.717, 1.165) is 24.4 Å². The van der Waals surface area contributed by atoms with Gasteiger partial charge in [0.05, 0.1) is 10.6 Å². The molecule has 0 radical (unpaired) electrons. The Bertz CT molecular complexity index is 281. The van der Waals surface area contributed by atoms with Gasteiger partial charge in [-0.15, -0.1) is 11.8 Å². The van der Waals surface area contributed by atoms with Crippen LogP contribution in [0.3, 0.4) is 0 Å². The van der Waals surface area contributed by atoms with Crippen LogP contribution in [0.1, 0.15) is 33.6 Å². The van der Waals surface area contributed by atoms with Crippen molar-refractivity contribution in [2.75, 3.05) is 19.8 Å². The number of thioether (sulfide) groups is 1. The van der Waals surface area contributed by atoms with Crippen LogP contribution in [-0.2, 0) is 9.59 Å². The summed E-state index contributed by atoms with van der Waals surface area (Å²) < 4.78 is 0. The molecule has 0 saturated heterocycles. The second-order valence-corrected chi connectivity index (χ2v) is 4.57. The van der Waals surface area contributed by atoms with Crippen molar-refractivity contribution in [1.82, 2.24) is 4.90 Å². The van der Waals surface area contributed by atoms with Crippen LogP contribution in [0.2, 0.25) is 0 Å². The van der Waals surface area contributed by atoms with Crippen LogP contribution in [0.4, 0.5) is 0 Å². The van der Waals surface area contributed by atoms with Crippen LogP contribution in [0.25, 0.3) is 0 Å². The number of unbranched alkanes of at least 4 members (excludes halogenated alkanes) is 1. The minimum atomic E-state index is -0.153. The molecule has 0 aromatic carbocycles. The van der Waals surface area contributed by atoms with E-state index in [1.165, 1.54) is 25.6 Å². The highest BCUT2D eigenvalue weighted by atomic mass is 32.2. The summed E-state index contributed by atoms with van der Waals surface area (Å²) in [5.74, 6) is -0.305. The summed E-state index contributed by atoms with van der Waals surface area (Å²) in [5, 5.41) is 0.786. The number of nitrogens with zero attached hydrogens (tertiary/aromatic N) is 1. The number of rotatable bonds is 7. The average molecular weight is 243 g/mol. The molecule has 0 aromatic rings. The summed E-state index contributed by atoms with van der Waals surface area (Å²) in [4.78, 5) is 24.9. The number of ketones is 2. The molecule has 92 valence electrons. The van der Waals surface area contributed by atoms with Crippen molar-refractivity contribution in [3.05, 3.63) is 10.6 Å². The molecule has 0 aliphatic rings. The van der Waals surface area contributed by atoms with E-state index in [-0.39, 0.29) is 11.6 Å². The molecule has 0 unspecified atom stereocenters. The Balaban J connectivity index is 5.08. The summed E-state index contributed by atoms with van der Waals surface area (Å²) in [5.41, 5.74) is 0.325. The second kappa shape index (κ2) is 7.49. The summed E-state index contributed by atoms with van der Waals surface area (Å²) in [6, 6.07) is 0. The van der Waals surface area contributed by atoms with Gasteiger partial charge in [-0.1, -0.05) is 13.3 Å². The van der Waals surface area contributed by atoms with Crippen molar-refractivity contribution in [3.8, 4) is 0 Å². The van der Waals surface area contributed by atoms with Gasteiger partial charge in [0.15, 0.2) is 11.6 Å². The fraction of sp³-hybridized carbons (Fsp3) is 0.667. The van der Waals surface area contributed by atoms with Crippen molar-refractivity contribution < 1.29 is 9.59 Å². The first-order chi connectivity index (χ1) is 7.45. The van der Waals surface area contributed by atoms with Crippen LogP contribution in [0, 0.1) is 0 Å². The quantitative estimate of drug-likeness (QED) is 0.391. The van der Waals surface area contributed by atoms with Gasteiger partial charge in [0.2, 0.25) is 0 Å². The highest BCUT2D eigenvalue weighted by Crippen LogP contribution is 2.22. The molecular formula is C12H21NO2S. The number of allylic oxidation sites excluding steroid dienone is 1. The number of carbonyl (C=O) groups is 2. The van der Waals surface area contributed by atoms with Crippen LogP contribution >= 0.6 is 11.8 Å². The predicted molar refractivity (Wildman–Crippen MR) is 69.4 cm³/mol. The van der Waals surface area contributed by atoms with Crippen molar-refractivity contribution in [2.24, 2.45) is 0 Å². The van der Waals surface area contributed by atoms with E-state index < -0.39 is 0 Å². The highest BCUT2D eigenvalue weighted by Gasteiger charge is 2.18. The molecule has 0 fully saturated rings. The van der Waals surface area contributed by atoms with E-state index in [9.17, 15) is 9.59 Å². The largest absolute Gasteiger partial charge is 0.369 e. The maximum atomic E-state index is 11.4. The molecule has 0 aliphatic heterocycles. The Hall–Kier alpha value is -0.770. The molecular weight excluding hydrogens is 222 g/mol. The molecule has 0 saturated carbocycles. The molecule has 0 aromatic heterocycles. The smallest absolute Gasteiger partial charge is 0.166 e. The Morgan fingerprint density at radius 3 is 2.00 bits per heavy atom. The Labute approximate surface area is 102 Å². The van der Waals surface area contributed by atoms with Gasteiger partial charge in [-0.3, -0.25) is 9.59 Å². The average Bonchev–Trinajstić information content (AvgIpc) is 2.20. The minimum Gasteiger partial charge on any atom is -0.369 e. The van der Waals surface area contributed by atoms with E-state index in [2.05, 4.69) is 6.92 Å². The fourth-order valence-corrected chi connectivity index (χ4v) is 2.39. The van der Waals surface area contributed by atoms with Gasteiger partial charge < -0.3 is 4.90 Å². The molecule has 0 aliphatic carbocycles. The van der Waals surface area contributed by atoms with E-state index in [1.807, 2.05) is 18.2 Å². The van der Waals surface area contributed by atoms with Crippen LogP contribution in [0.15, 0.2) is 10.6 Å². The molecule has 0 bridgehead atoms. The third-order valence-electron chi connectivity index (χ3n) is 2.31. The van der Waals surface area contributed by atoms with E-state index in [0.29, 0.717) is 5.57 Å². The number of hydrogen-bond acceptors (Lipinski definition) is 4. The lowest BCUT2D eigenvalue weighted by Crippen LogP contribution is -2.22. The number of Topliss-reactive ketones (excluding diaryl/α,β-unsaturated/α-hetero) is 2. The first-order valence-electron chi connectivity index (χ1n) is 5.46. The van der Waals surface area contributed by atoms with E-state index in [1.54, 1.807) is 0 Å². The Morgan fingerprint density at radius 1 is 1.19 bits per heavy atom. The monoisotopic (exact) mass is 243 g/mol. The van der Waals surface area contributed by atoms with Crippen LogP contribution < -0.4 is 0 Å². The number of hydrogen-bond donors (Lipinski definition) is 0.